The van der Waals surface area contributed by atoms with Crippen molar-refractivity contribution in [1.29, 1.82) is 0 Å². The summed E-state index contributed by atoms with van der Waals surface area (Å²) in [5, 5.41) is 4.07. The number of nitrogens with zero attached hydrogens (tertiary/aromatic N) is 3. The standard InChI is InChI=1S/C21H26F3N3O2/c1-14-6-4-5-7-17(14)8-9-19(28)26-10-11-29-12-18(26)20-15(2)25-27(16(20)3)13-21(22,23)24/h4-7,18H,8-13H2,1-3H3/t18-/m1/s1. The fourth-order valence-corrected chi connectivity index (χ4v) is 3.93. The summed E-state index contributed by atoms with van der Waals surface area (Å²) < 4.78 is 45.1. The Balaban J connectivity index is 1.79. The van der Waals surface area contributed by atoms with Crippen LogP contribution in [-0.4, -0.2) is 46.5 Å². The molecule has 1 saturated heterocycles. The molecule has 29 heavy (non-hydrogen) atoms. The Kier molecular flexibility index (Phi) is 6.31. The van der Waals surface area contributed by atoms with Crippen LogP contribution >= 0.6 is 0 Å². The Labute approximate surface area is 168 Å². The highest BCUT2D eigenvalue weighted by atomic mass is 19.4. The second-order valence-corrected chi connectivity index (χ2v) is 7.46. The van der Waals surface area contributed by atoms with Gasteiger partial charge in [0.15, 0.2) is 0 Å². The molecule has 3 rings (SSSR count). The zero-order chi connectivity index (χ0) is 21.2. The summed E-state index contributed by atoms with van der Waals surface area (Å²) in [7, 11) is 0. The number of ether oxygens (including phenoxy) is 1. The summed E-state index contributed by atoms with van der Waals surface area (Å²) in [6.07, 6.45) is -3.39. The molecule has 1 fully saturated rings. The van der Waals surface area contributed by atoms with Gasteiger partial charge in [0, 0.05) is 24.2 Å². The van der Waals surface area contributed by atoms with Crippen LogP contribution in [0.1, 0.15) is 40.5 Å². The van der Waals surface area contributed by atoms with E-state index in [0.717, 1.165) is 15.8 Å². The van der Waals surface area contributed by atoms with Gasteiger partial charge in [-0.2, -0.15) is 18.3 Å². The van der Waals surface area contributed by atoms with Crippen LogP contribution in [0.3, 0.4) is 0 Å². The molecule has 1 atom stereocenters. The average molecular weight is 409 g/mol. The van der Waals surface area contributed by atoms with Gasteiger partial charge in [0.2, 0.25) is 5.91 Å². The van der Waals surface area contributed by atoms with Gasteiger partial charge >= 0.3 is 6.18 Å². The summed E-state index contributed by atoms with van der Waals surface area (Å²) in [5.74, 6) is -0.0241. The molecule has 0 spiro atoms. The number of aryl methyl sites for hydroxylation is 3. The second kappa shape index (κ2) is 8.57. The third-order valence-corrected chi connectivity index (χ3v) is 5.42. The number of alkyl halides is 3. The lowest BCUT2D eigenvalue weighted by Crippen LogP contribution is -2.44. The minimum Gasteiger partial charge on any atom is -0.377 e. The number of aromatic nitrogens is 2. The summed E-state index contributed by atoms with van der Waals surface area (Å²) in [5.41, 5.74) is 3.83. The fraction of sp³-hybridized carbons (Fsp3) is 0.524. The second-order valence-electron chi connectivity index (χ2n) is 7.46. The molecule has 0 bridgehead atoms. The van der Waals surface area contributed by atoms with Gasteiger partial charge in [0.05, 0.1) is 24.9 Å². The van der Waals surface area contributed by atoms with Gasteiger partial charge in [-0.3, -0.25) is 9.48 Å². The lowest BCUT2D eigenvalue weighted by molar-refractivity contribution is -0.143. The quantitative estimate of drug-likeness (QED) is 0.753. The average Bonchev–Trinajstić information content (AvgIpc) is 2.92. The number of carbonyl (C=O) groups is 1. The molecule has 1 aliphatic rings. The Morgan fingerprint density at radius 1 is 1.24 bits per heavy atom. The Bertz CT molecular complexity index is 877. The predicted octanol–water partition coefficient (Wildman–Crippen LogP) is 3.90. The number of hydrogen-bond donors (Lipinski definition) is 0. The first kappa shape index (κ1) is 21.4. The molecule has 2 heterocycles. The molecule has 1 amide bonds. The van der Waals surface area contributed by atoms with Gasteiger partial charge in [-0.15, -0.1) is 0 Å². The van der Waals surface area contributed by atoms with E-state index in [4.69, 9.17) is 4.74 Å². The van der Waals surface area contributed by atoms with Crippen molar-refractivity contribution in [2.24, 2.45) is 0 Å². The zero-order valence-electron chi connectivity index (χ0n) is 16.9. The van der Waals surface area contributed by atoms with Crippen LogP contribution in [0.4, 0.5) is 13.2 Å². The monoisotopic (exact) mass is 409 g/mol. The van der Waals surface area contributed by atoms with E-state index in [1.807, 2.05) is 31.2 Å². The van der Waals surface area contributed by atoms with Crippen molar-refractivity contribution in [1.82, 2.24) is 14.7 Å². The van der Waals surface area contributed by atoms with Crippen LogP contribution in [0, 0.1) is 20.8 Å². The summed E-state index contributed by atoms with van der Waals surface area (Å²) in [6.45, 7) is 5.26. The van der Waals surface area contributed by atoms with E-state index < -0.39 is 18.8 Å². The smallest absolute Gasteiger partial charge is 0.377 e. The molecule has 0 N–H and O–H groups in total. The zero-order valence-corrected chi connectivity index (χ0v) is 16.9. The van der Waals surface area contributed by atoms with Crippen molar-refractivity contribution < 1.29 is 22.7 Å². The Hall–Kier alpha value is -2.35. The van der Waals surface area contributed by atoms with Crippen LogP contribution in [-0.2, 0) is 22.5 Å². The highest BCUT2D eigenvalue weighted by molar-refractivity contribution is 5.77. The van der Waals surface area contributed by atoms with Crippen molar-refractivity contribution in [3.63, 3.8) is 0 Å². The number of rotatable bonds is 5. The first-order chi connectivity index (χ1) is 13.7. The van der Waals surface area contributed by atoms with Crippen molar-refractivity contribution in [2.75, 3.05) is 19.8 Å². The van der Waals surface area contributed by atoms with Gasteiger partial charge in [0.25, 0.3) is 0 Å². The van der Waals surface area contributed by atoms with E-state index in [9.17, 15) is 18.0 Å². The molecule has 0 aliphatic carbocycles. The molecular formula is C21H26F3N3O2. The SMILES string of the molecule is Cc1ccccc1CCC(=O)N1CCOC[C@@H]1c1c(C)nn(CC(F)(F)F)c1C. The van der Waals surface area contributed by atoms with Gasteiger partial charge in [-0.25, -0.2) is 0 Å². The summed E-state index contributed by atoms with van der Waals surface area (Å²) in [6, 6.07) is 7.51. The molecule has 8 heteroatoms. The highest BCUT2D eigenvalue weighted by Gasteiger charge is 2.35. The predicted molar refractivity (Wildman–Crippen MR) is 103 cm³/mol. The van der Waals surface area contributed by atoms with Crippen LogP contribution in [0.2, 0.25) is 0 Å². The molecule has 0 radical (unpaired) electrons. The van der Waals surface area contributed by atoms with Crippen molar-refractivity contribution >= 4 is 5.91 Å². The number of amides is 1. The maximum absolute atomic E-state index is 13.0. The van der Waals surface area contributed by atoms with Crippen molar-refractivity contribution in [3.05, 3.63) is 52.3 Å². The molecule has 1 aliphatic heterocycles. The number of morpholine rings is 1. The lowest BCUT2D eigenvalue weighted by Gasteiger charge is -2.36. The Morgan fingerprint density at radius 2 is 1.97 bits per heavy atom. The maximum atomic E-state index is 13.0. The van der Waals surface area contributed by atoms with Crippen LogP contribution in [0.25, 0.3) is 0 Å². The van der Waals surface area contributed by atoms with Gasteiger partial charge in [0.1, 0.15) is 6.54 Å². The topological polar surface area (TPSA) is 47.4 Å². The molecule has 158 valence electrons. The molecule has 1 aromatic carbocycles. The third kappa shape index (κ3) is 4.98. The number of halogens is 3. The van der Waals surface area contributed by atoms with E-state index in [1.165, 1.54) is 0 Å². The highest BCUT2D eigenvalue weighted by Crippen LogP contribution is 2.31. The molecule has 2 aromatic rings. The van der Waals surface area contributed by atoms with E-state index >= 15 is 0 Å². The lowest BCUT2D eigenvalue weighted by atomic mass is 10.0. The summed E-state index contributed by atoms with van der Waals surface area (Å²) >= 11 is 0. The minimum absolute atomic E-state index is 0.0241. The molecular weight excluding hydrogens is 383 g/mol. The molecule has 1 aromatic heterocycles. The van der Waals surface area contributed by atoms with E-state index in [2.05, 4.69) is 5.10 Å². The molecule has 0 unspecified atom stereocenters. The van der Waals surface area contributed by atoms with Crippen LogP contribution < -0.4 is 0 Å². The first-order valence-electron chi connectivity index (χ1n) is 9.69. The number of hydrogen-bond acceptors (Lipinski definition) is 3. The number of benzene rings is 1. The number of carbonyl (C=O) groups excluding carboxylic acids is 1. The van der Waals surface area contributed by atoms with Crippen LogP contribution in [0.5, 0.6) is 0 Å². The van der Waals surface area contributed by atoms with Gasteiger partial charge in [-0.05, 0) is 38.3 Å². The van der Waals surface area contributed by atoms with Crippen molar-refractivity contribution in [2.45, 2.75) is 52.4 Å². The third-order valence-electron chi connectivity index (χ3n) is 5.42. The first-order valence-corrected chi connectivity index (χ1v) is 9.69. The van der Waals surface area contributed by atoms with E-state index in [0.29, 0.717) is 42.9 Å². The van der Waals surface area contributed by atoms with Crippen LogP contribution in [0.15, 0.2) is 24.3 Å². The Morgan fingerprint density at radius 3 is 2.66 bits per heavy atom. The van der Waals surface area contributed by atoms with Crippen molar-refractivity contribution in [3.8, 4) is 0 Å². The van der Waals surface area contributed by atoms with Gasteiger partial charge < -0.3 is 9.64 Å². The largest absolute Gasteiger partial charge is 0.408 e. The maximum Gasteiger partial charge on any atom is 0.408 e. The summed E-state index contributed by atoms with van der Waals surface area (Å²) in [4.78, 5) is 14.7. The normalized spacial score (nSPS) is 17.6. The van der Waals surface area contributed by atoms with Gasteiger partial charge in [-0.1, -0.05) is 24.3 Å². The van der Waals surface area contributed by atoms with E-state index in [1.54, 1.807) is 18.7 Å². The molecule has 5 nitrogen and oxygen atoms in total. The van der Waals surface area contributed by atoms with E-state index in [-0.39, 0.29) is 12.5 Å². The minimum atomic E-state index is -4.35. The fourth-order valence-electron chi connectivity index (χ4n) is 3.93. The molecule has 0 saturated carbocycles.